The topological polar surface area (TPSA) is 126 Å². The summed E-state index contributed by atoms with van der Waals surface area (Å²) in [6.45, 7) is 2.78. The van der Waals surface area contributed by atoms with Crippen molar-refractivity contribution in [2.75, 3.05) is 30.0 Å². The Morgan fingerprint density at radius 2 is 2.09 bits per heavy atom. The molecule has 0 unspecified atom stereocenters. The van der Waals surface area contributed by atoms with Gasteiger partial charge < -0.3 is 20.3 Å². The van der Waals surface area contributed by atoms with Gasteiger partial charge in [0.1, 0.15) is 12.1 Å². The number of hydrogen-bond donors (Lipinski definition) is 2. The quantitative estimate of drug-likeness (QED) is 0.430. The molecule has 0 bridgehead atoms. The summed E-state index contributed by atoms with van der Waals surface area (Å²) < 4.78 is 6.15. The molecule has 1 aliphatic carbocycles. The van der Waals surface area contributed by atoms with Gasteiger partial charge in [-0.25, -0.2) is 10.1 Å². The number of ether oxygens (including phenoxy) is 1. The molecule has 12 heteroatoms. The van der Waals surface area contributed by atoms with Crippen molar-refractivity contribution >= 4 is 56.3 Å². The van der Waals surface area contributed by atoms with E-state index in [-0.39, 0.29) is 24.3 Å². The smallest absolute Gasteiger partial charge is 0.262 e. The normalized spacial score (nSPS) is 18.5. The Balaban J connectivity index is 1.48. The zero-order valence-corrected chi connectivity index (χ0v) is 20.2. The van der Waals surface area contributed by atoms with Crippen LogP contribution in [0.25, 0.3) is 0 Å². The van der Waals surface area contributed by atoms with E-state index in [0.717, 1.165) is 21.5 Å². The predicted molar refractivity (Wildman–Crippen MR) is 128 cm³/mol. The minimum atomic E-state index is -0.935. The molecule has 174 valence electrons. The summed E-state index contributed by atoms with van der Waals surface area (Å²) in [7, 11) is 0. The molecule has 10 nitrogen and oxygen atoms in total. The van der Waals surface area contributed by atoms with Crippen molar-refractivity contribution in [3.63, 3.8) is 0 Å². The number of carbonyl (C=O) groups is 2. The number of nitrogens with one attached hydrogen (secondary N) is 2. The summed E-state index contributed by atoms with van der Waals surface area (Å²) in [6, 6.07) is 8.86. The van der Waals surface area contributed by atoms with E-state index < -0.39 is 10.6 Å². The lowest BCUT2D eigenvalue weighted by Gasteiger charge is -2.40. The summed E-state index contributed by atoms with van der Waals surface area (Å²) in [5, 5.41) is 19.4. The van der Waals surface area contributed by atoms with Crippen LogP contribution in [-0.4, -0.2) is 48.0 Å². The average molecular weight is 536 g/mol. The standard InChI is InChI=1S/C21H22BrN5O5S/c1-13-11-14(3-4-15(13)26-9-10-32-12-18(26)25-27(30)31)23-20(29)21(7-2-8-21)24-19(28)16-5-6-17(22)33-16/h3-6,11H,2,7-10,12H2,1H3,(H,23,29)(H,24,28). The van der Waals surface area contributed by atoms with Crippen molar-refractivity contribution in [3.8, 4) is 0 Å². The molecule has 2 aliphatic rings. The maximum Gasteiger partial charge on any atom is 0.262 e. The molecule has 1 aromatic heterocycles. The third kappa shape index (κ3) is 5.07. The summed E-state index contributed by atoms with van der Waals surface area (Å²) in [5.41, 5.74) is 1.23. The van der Waals surface area contributed by atoms with E-state index in [1.165, 1.54) is 11.3 Å². The monoisotopic (exact) mass is 535 g/mol. The lowest BCUT2D eigenvalue weighted by Crippen LogP contribution is -2.61. The zero-order chi connectivity index (χ0) is 23.6. The third-order valence-corrected chi connectivity index (χ3v) is 7.36. The van der Waals surface area contributed by atoms with Gasteiger partial charge in [0.05, 0.1) is 20.4 Å². The van der Waals surface area contributed by atoms with Gasteiger partial charge in [0.25, 0.3) is 5.91 Å². The number of anilines is 2. The first-order chi connectivity index (χ1) is 15.8. The second kappa shape index (κ2) is 9.57. The molecule has 2 fully saturated rings. The van der Waals surface area contributed by atoms with Crippen LogP contribution >= 0.6 is 27.3 Å². The fourth-order valence-electron chi connectivity index (χ4n) is 3.90. The number of hydrogen-bond acceptors (Lipinski definition) is 6. The second-order valence-electron chi connectivity index (χ2n) is 7.91. The van der Waals surface area contributed by atoms with E-state index >= 15 is 0 Å². The molecule has 1 aromatic carbocycles. The Labute approximate surface area is 202 Å². The third-order valence-electron chi connectivity index (χ3n) is 5.74. The van der Waals surface area contributed by atoms with Gasteiger partial charge in [-0.1, -0.05) is 0 Å². The lowest BCUT2D eigenvalue weighted by atomic mass is 9.75. The van der Waals surface area contributed by atoms with Crippen molar-refractivity contribution in [1.29, 1.82) is 0 Å². The van der Waals surface area contributed by atoms with Gasteiger partial charge >= 0.3 is 0 Å². The van der Waals surface area contributed by atoms with E-state index in [0.29, 0.717) is 36.6 Å². The molecule has 2 heterocycles. The highest BCUT2D eigenvalue weighted by molar-refractivity contribution is 9.11. The number of hydrazone groups is 1. The maximum absolute atomic E-state index is 13.1. The Kier molecular flexibility index (Phi) is 6.77. The van der Waals surface area contributed by atoms with Crippen molar-refractivity contribution in [2.45, 2.75) is 31.7 Å². The Hall–Kier alpha value is -2.83. The molecule has 33 heavy (non-hydrogen) atoms. The van der Waals surface area contributed by atoms with E-state index in [9.17, 15) is 19.7 Å². The van der Waals surface area contributed by atoms with Gasteiger partial charge in [-0.05, 0) is 78.0 Å². The van der Waals surface area contributed by atoms with Crippen molar-refractivity contribution in [1.82, 2.24) is 5.32 Å². The number of thiophene rings is 1. The lowest BCUT2D eigenvalue weighted by molar-refractivity contribution is -0.485. The molecule has 1 aliphatic heterocycles. The number of carbonyl (C=O) groups excluding carboxylic acids is 2. The molecule has 0 radical (unpaired) electrons. The fraction of sp³-hybridized carbons (Fsp3) is 0.381. The van der Waals surface area contributed by atoms with Gasteiger partial charge in [-0.15, -0.1) is 11.3 Å². The van der Waals surface area contributed by atoms with Gasteiger partial charge in [-0.2, -0.15) is 0 Å². The predicted octanol–water partition coefficient (Wildman–Crippen LogP) is 3.54. The van der Waals surface area contributed by atoms with Gasteiger partial charge in [0, 0.05) is 17.9 Å². The molecule has 2 amide bonds. The van der Waals surface area contributed by atoms with Crippen LogP contribution < -0.4 is 15.5 Å². The number of morpholine rings is 1. The molecule has 1 saturated heterocycles. The summed E-state index contributed by atoms with van der Waals surface area (Å²) in [4.78, 5) is 38.9. The number of halogens is 1. The van der Waals surface area contributed by atoms with E-state index in [2.05, 4.69) is 31.7 Å². The minimum Gasteiger partial charge on any atom is -0.371 e. The Bertz CT molecular complexity index is 1130. The van der Waals surface area contributed by atoms with Crippen molar-refractivity contribution in [3.05, 3.63) is 54.7 Å². The fourth-order valence-corrected chi connectivity index (χ4v) is 5.19. The number of nitro groups is 1. The number of rotatable bonds is 6. The van der Waals surface area contributed by atoms with E-state index in [4.69, 9.17) is 4.74 Å². The van der Waals surface area contributed by atoms with E-state index in [1.54, 1.807) is 35.2 Å². The zero-order valence-electron chi connectivity index (χ0n) is 17.8. The van der Waals surface area contributed by atoms with E-state index in [1.807, 2.05) is 6.92 Å². The highest BCUT2D eigenvalue weighted by Crippen LogP contribution is 2.35. The summed E-state index contributed by atoms with van der Waals surface area (Å²) in [5.74, 6) is -0.300. The first-order valence-corrected chi connectivity index (χ1v) is 12.0. The van der Waals surface area contributed by atoms with Crippen LogP contribution in [-0.2, 0) is 9.53 Å². The van der Waals surface area contributed by atoms with Gasteiger partial charge in [0.15, 0.2) is 5.03 Å². The molecular weight excluding hydrogens is 514 g/mol. The minimum absolute atomic E-state index is 0.0575. The molecule has 0 spiro atoms. The van der Waals surface area contributed by atoms with Crippen LogP contribution in [0.2, 0.25) is 0 Å². The number of aryl methyl sites for hydroxylation is 1. The van der Waals surface area contributed by atoms with Crippen LogP contribution in [0.15, 0.2) is 39.2 Å². The average Bonchev–Trinajstić information content (AvgIpc) is 3.17. The summed E-state index contributed by atoms with van der Waals surface area (Å²) in [6.07, 6.45) is 2.00. The van der Waals surface area contributed by atoms with Crippen LogP contribution in [0.1, 0.15) is 34.5 Å². The van der Waals surface area contributed by atoms with Gasteiger partial charge in [-0.3, -0.25) is 9.59 Å². The second-order valence-corrected chi connectivity index (χ2v) is 10.4. The van der Waals surface area contributed by atoms with Crippen LogP contribution in [0.5, 0.6) is 0 Å². The molecular formula is C21H22BrN5O5S. The number of amidine groups is 1. The maximum atomic E-state index is 13.1. The summed E-state index contributed by atoms with van der Waals surface area (Å²) >= 11 is 4.66. The van der Waals surface area contributed by atoms with Crippen LogP contribution in [0.4, 0.5) is 11.4 Å². The number of nitrogens with zero attached hydrogens (tertiary/aromatic N) is 3. The first-order valence-electron chi connectivity index (χ1n) is 10.3. The van der Waals surface area contributed by atoms with Crippen LogP contribution in [0, 0.1) is 17.0 Å². The first kappa shape index (κ1) is 23.3. The molecule has 2 aromatic rings. The Morgan fingerprint density at radius 3 is 2.70 bits per heavy atom. The SMILES string of the molecule is Cc1cc(NC(=O)C2(NC(=O)c3ccc(Br)s3)CCC2)ccc1N1CCOCC1=N[N+](=O)[O-]. The molecule has 1 saturated carbocycles. The number of amides is 2. The van der Waals surface area contributed by atoms with Gasteiger partial charge in [0.2, 0.25) is 11.7 Å². The number of benzene rings is 1. The molecule has 0 atom stereocenters. The van der Waals surface area contributed by atoms with Crippen molar-refractivity contribution in [2.24, 2.45) is 5.10 Å². The van der Waals surface area contributed by atoms with Crippen molar-refractivity contribution < 1.29 is 19.4 Å². The molecule has 4 rings (SSSR count). The largest absolute Gasteiger partial charge is 0.371 e. The van der Waals surface area contributed by atoms with Crippen LogP contribution in [0.3, 0.4) is 0 Å². The molecule has 2 N–H and O–H groups in total. The highest BCUT2D eigenvalue weighted by Gasteiger charge is 2.45. The Morgan fingerprint density at radius 1 is 1.30 bits per heavy atom. The highest BCUT2D eigenvalue weighted by atomic mass is 79.9.